The zero-order valence-electron chi connectivity index (χ0n) is 12.3. The Morgan fingerprint density at radius 2 is 2.10 bits per heavy atom. The summed E-state index contributed by atoms with van der Waals surface area (Å²) in [6.07, 6.45) is 2.76. The lowest BCUT2D eigenvalue weighted by Crippen LogP contribution is -2.31. The van der Waals surface area contributed by atoms with Crippen LogP contribution in [0.25, 0.3) is 0 Å². The van der Waals surface area contributed by atoms with Gasteiger partial charge in [0.05, 0.1) is 11.1 Å². The Hall–Kier alpha value is -1.23. The van der Waals surface area contributed by atoms with Gasteiger partial charge in [0, 0.05) is 5.41 Å². The van der Waals surface area contributed by atoms with E-state index < -0.39 is 0 Å². The summed E-state index contributed by atoms with van der Waals surface area (Å²) >= 11 is 3.49. The molecule has 0 heterocycles. The normalized spacial score (nSPS) is 12.5. The standard InChI is InChI=1S/C15H23BrN2O2/c1-11-6-7-13(12(16)10-11)20-9-5-4-8-15(2,3)14(17)18-19/h6-7,10,19H,4-5,8-9H2,1-3H3,(H2,17,18). The molecule has 3 N–H and O–H groups in total. The van der Waals surface area contributed by atoms with Gasteiger partial charge in [-0.1, -0.05) is 25.1 Å². The number of rotatable bonds is 7. The third-order valence-corrected chi connectivity index (χ3v) is 3.96. The fourth-order valence-corrected chi connectivity index (χ4v) is 2.45. The van der Waals surface area contributed by atoms with Crippen molar-refractivity contribution in [3.63, 3.8) is 0 Å². The number of unbranched alkanes of at least 4 members (excludes halogenated alkanes) is 1. The molecule has 0 aromatic heterocycles. The highest BCUT2D eigenvalue weighted by atomic mass is 79.9. The van der Waals surface area contributed by atoms with Crippen molar-refractivity contribution >= 4 is 21.8 Å². The maximum atomic E-state index is 8.71. The van der Waals surface area contributed by atoms with Gasteiger partial charge in [-0.3, -0.25) is 0 Å². The minimum Gasteiger partial charge on any atom is -0.492 e. The van der Waals surface area contributed by atoms with E-state index in [2.05, 4.69) is 21.1 Å². The van der Waals surface area contributed by atoms with Gasteiger partial charge in [-0.15, -0.1) is 0 Å². The molecule has 0 aliphatic heterocycles. The van der Waals surface area contributed by atoms with Crippen LogP contribution in [0.4, 0.5) is 0 Å². The predicted molar refractivity (Wildman–Crippen MR) is 85.4 cm³/mol. The number of nitrogens with two attached hydrogens (primary N) is 1. The Morgan fingerprint density at radius 1 is 1.40 bits per heavy atom. The third-order valence-electron chi connectivity index (χ3n) is 3.34. The molecule has 0 amide bonds. The van der Waals surface area contributed by atoms with Crippen molar-refractivity contribution in [1.29, 1.82) is 0 Å². The van der Waals surface area contributed by atoms with Gasteiger partial charge in [-0.05, 0) is 59.8 Å². The summed E-state index contributed by atoms with van der Waals surface area (Å²) in [5.74, 6) is 1.14. The monoisotopic (exact) mass is 342 g/mol. The van der Waals surface area contributed by atoms with Crippen molar-refractivity contribution in [2.24, 2.45) is 16.3 Å². The van der Waals surface area contributed by atoms with Gasteiger partial charge in [-0.25, -0.2) is 0 Å². The van der Waals surface area contributed by atoms with Crippen LogP contribution in [0.15, 0.2) is 27.8 Å². The van der Waals surface area contributed by atoms with Crippen LogP contribution in [0.1, 0.15) is 38.7 Å². The molecule has 0 radical (unpaired) electrons. The fourth-order valence-electron chi connectivity index (χ4n) is 1.84. The highest BCUT2D eigenvalue weighted by molar-refractivity contribution is 9.10. The van der Waals surface area contributed by atoms with Crippen LogP contribution in [-0.2, 0) is 0 Å². The fraction of sp³-hybridized carbons (Fsp3) is 0.533. The first-order valence-electron chi connectivity index (χ1n) is 6.74. The quantitative estimate of drug-likeness (QED) is 0.258. The SMILES string of the molecule is Cc1ccc(OCCCCC(C)(C)/C(N)=N/O)c(Br)c1. The van der Waals surface area contributed by atoms with Crippen LogP contribution < -0.4 is 10.5 Å². The molecule has 0 aliphatic rings. The van der Waals surface area contributed by atoms with Crippen LogP contribution >= 0.6 is 15.9 Å². The molecule has 0 bridgehead atoms. The van der Waals surface area contributed by atoms with Crippen LogP contribution in [0.2, 0.25) is 0 Å². The molecule has 1 aromatic rings. The van der Waals surface area contributed by atoms with Crippen LogP contribution in [0.5, 0.6) is 5.75 Å². The predicted octanol–water partition coefficient (Wildman–Crippen LogP) is 4.08. The second kappa shape index (κ2) is 7.53. The first kappa shape index (κ1) is 16.8. The number of halogens is 1. The van der Waals surface area contributed by atoms with E-state index in [-0.39, 0.29) is 11.3 Å². The highest BCUT2D eigenvalue weighted by Gasteiger charge is 2.22. The van der Waals surface area contributed by atoms with Crippen LogP contribution in [0, 0.1) is 12.3 Å². The highest BCUT2D eigenvalue weighted by Crippen LogP contribution is 2.27. The first-order valence-corrected chi connectivity index (χ1v) is 7.53. The van der Waals surface area contributed by atoms with Crippen molar-refractivity contribution < 1.29 is 9.94 Å². The van der Waals surface area contributed by atoms with Crippen molar-refractivity contribution in [3.8, 4) is 5.75 Å². The van der Waals surface area contributed by atoms with Gasteiger partial charge < -0.3 is 15.7 Å². The number of nitrogens with zero attached hydrogens (tertiary/aromatic N) is 1. The minimum atomic E-state index is -0.279. The molecule has 20 heavy (non-hydrogen) atoms. The number of oxime groups is 1. The number of ether oxygens (including phenoxy) is 1. The topological polar surface area (TPSA) is 67.8 Å². The zero-order valence-corrected chi connectivity index (χ0v) is 13.9. The van der Waals surface area contributed by atoms with Gasteiger partial charge in [0.25, 0.3) is 0 Å². The number of aryl methyl sites for hydroxylation is 1. The minimum absolute atomic E-state index is 0.277. The Kier molecular flexibility index (Phi) is 6.33. The Balaban J connectivity index is 2.32. The first-order chi connectivity index (χ1) is 9.36. The molecule has 0 saturated heterocycles. The molecule has 112 valence electrons. The van der Waals surface area contributed by atoms with Gasteiger partial charge in [0.1, 0.15) is 11.6 Å². The van der Waals surface area contributed by atoms with E-state index in [1.165, 1.54) is 5.56 Å². The molecule has 1 rings (SSSR count). The van der Waals surface area contributed by atoms with E-state index >= 15 is 0 Å². The van der Waals surface area contributed by atoms with Crippen molar-refractivity contribution in [2.75, 3.05) is 6.61 Å². The van der Waals surface area contributed by atoms with Crippen molar-refractivity contribution in [1.82, 2.24) is 0 Å². The Bertz CT molecular complexity index is 473. The van der Waals surface area contributed by atoms with E-state index in [0.717, 1.165) is 29.5 Å². The number of amidine groups is 1. The van der Waals surface area contributed by atoms with Gasteiger partial charge in [-0.2, -0.15) is 0 Å². The molecular weight excluding hydrogens is 320 g/mol. The summed E-state index contributed by atoms with van der Waals surface area (Å²) in [5.41, 5.74) is 6.57. The van der Waals surface area contributed by atoms with Gasteiger partial charge >= 0.3 is 0 Å². The smallest absolute Gasteiger partial charge is 0.144 e. The third kappa shape index (κ3) is 5.04. The second-order valence-electron chi connectivity index (χ2n) is 5.61. The molecule has 0 aliphatic carbocycles. The average Bonchev–Trinajstić information content (AvgIpc) is 2.39. The van der Waals surface area contributed by atoms with Crippen LogP contribution in [0.3, 0.4) is 0 Å². The molecular formula is C15H23BrN2O2. The van der Waals surface area contributed by atoms with E-state index in [9.17, 15) is 0 Å². The average molecular weight is 343 g/mol. The van der Waals surface area contributed by atoms with E-state index in [1.807, 2.05) is 39.0 Å². The number of hydrogen-bond donors (Lipinski definition) is 2. The Morgan fingerprint density at radius 3 is 2.70 bits per heavy atom. The maximum absolute atomic E-state index is 8.71. The van der Waals surface area contributed by atoms with Gasteiger partial charge in [0.15, 0.2) is 0 Å². The zero-order chi connectivity index (χ0) is 15.2. The van der Waals surface area contributed by atoms with Crippen molar-refractivity contribution in [2.45, 2.75) is 40.0 Å². The Labute approximate surface area is 129 Å². The summed E-state index contributed by atoms with van der Waals surface area (Å²) in [5, 5.41) is 11.8. The summed E-state index contributed by atoms with van der Waals surface area (Å²) in [7, 11) is 0. The molecule has 4 nitrogen and oxygen atoms in total. The number of hydrogen-bond acceptors (Lipinski definition) is 3. The van der Waals surface area contributed by atoms with E-state index in [4.69, 9.17) is 15.7 Å². The lowest BCUT2D eigenvalue weighted by atomic mass is 9.86. The van der Waals surface area contributed by atoms with Crippen molar-refractivity contribution in [3.05, 3.63) is 28.2 Å². The van der Waals surface area contributed by atoms with Gasteiger partial charge in [0.2, 0.25) is 0 Å². The largest absolute Gasteiger partial charge is 0.492 e. The molecule has 1 aromatic carbocycles. The summed E-state index contributed by atoms with van der Waals surface area (Å²) in [6.45, 7) is 6.65. The molecule has 0 fully saturated rings. The summed E-state index contributed by atoms with van der Waals surface area (Å²) in [6, 6.07) is 6.04. The van der Waals surface area contributed by atoms with E-state index in [0.29, 0.717) is 6.61 Å². The lowest BCUT2D eigenvalue weighted by molar-refractivity contribution is 0.287. The van der Waals surface area contributed by atoms with E-state index in [1.54, 1.807) is 0 Å². The lowest BCUT2D eigenvalue weighted by Gasteiger charge is -2.22. The maximum Gasteiger partial charge on any atom is 0.144 e. The molecule has 5 heteroatoms. The molecule has 0 atom stereocenters. The van der Waals surface area contributed by atoms with Crippen LogP contribution in [-0.4, -0.2) is 17.6 Å². The number of benzene rings is 1. The summed E-state index contributed by atoms with van der Waals surface area (Å²) in [4.78, 5) is 0. The second-order valence-corrected chi connectivity index (χ2v) is 6.46. The molecule has 0 unspecified atom stereocenters. The molecule has 0 spiro atoms. The molecule has 0 saturated carbocycles. The summed E-state index contributed by atoms with van der Waals surface area (Å²) < 4.78 is 6.72.